The number of oxazole rings is 1. The van der Waals surface area contributed by atoms with Gasteiger partial charge in [-0.15, -0.1) is 0 Å². The van der Waals surface area contributed by atoms with Crippen molar-refractivity contribution in [2.45, 2.75) is 35.2 Å². The summed E-state index contributed by atoms with van der Waals surface area (Å²) in [4.78, 5) is 29.0. The third-order valence-electron chi connectivity index (χ3n) is 7.73. The normalized spacial score (nSPS) is 17.8. The zero-order valence-corrected chi connectivity index (χ0v) is 22.8. The smallest absolute Gasteiger partial charge is 0.360 e. The molecular weight excluding hydrogens is 536 g/mol. The Labute approximate surface area is 234 Å². The lowest BCUT2D eigenvalue weighted by atomic mass is 9.73. The number of halogens is 1. The van der Waals surface area contributed by atoms with Crippen molar-refractivity contribution in [1.29, 1.82) is 0 Å². The highest BCUT2D eigenvalue weighted by atomic mass is 35.5. The van der Waals surface area contributed by atoms with Crippen molar-refractivity contribution in [3.63, 3.8) is 0 Å². The Morgan fingerprint density at radius 2 is 1.97 bits per heavy atom. The predicted molar refractivity (Wildman–Crippen MR) is 150 cm³/mol. The van der Waals surface area contributed by atoms with Crippen molar-refractivity contribution in [2.75, 3.05) is 30.8 Å². The van der Waals surface area contributed by atoms with Crippen LogP contribution in [0.25, 0.3) is 11.5 Å². The SMILES string of the molecule is COC(=O)c1nc(Sc2cccc(-c3ncco3)c2Cl)c(N)nc1N1CCC2(CC1)Cc1ccccc1[C@H]2N. The number of benzene rings is 2. The Hall–Kier alpha value is -3.60. The first-order valence-electron chi connectivity index (χ1n) is 12.6. The molecule has 3 heterocycles. The quantitative estimate of drug-likeness (QED) is 0.314. The molecule has 1 aliphatic heterocycles. The number of rotatable bonds is 5. The van der Waals surface area contributed by atoms with Gasteiger partial charge in [-0.25, -0.2) is 19.7 Å². The molecule has 0 amide bonds. The summed E-state index contributed by atoms with van der Waals surface area (Å²) in [6.45, 7) is 1.35. The summed E-state index contributed by atoms with van der Waals surface area (Å²) in [5, 5.41) is 0.789. The minimum Gasteiger partial charge on any atom is -0.464 e. The molecule has 200 valence electrons. The molecule has 1 saturated heterocycles. The van der Waals surface area contributed by atoms with E-state index < -0.39 is 5.97 Å². The molecular formula is C28H27ClN6O3S. The fraction of sp³-hybridized carbons (Fsp3) is 0.286. The van der Waals surface area contributed by atoms with Gasteiger partial charge in [0.05, 0.1) is 23.9 Å². The molecule has 2 aromatic carbocycles. The number of piperidine rings is 1. The molecule has 0 bridgehead atoms. The van der Waals surface area contributed by atoms with Crippen LogP contribution >= 0.6 is 23.4 Å². The maximum absolute atomic E-state index is 12.9. The standard InChI is InChI=1S/C28H27ClN6O3S/c1-37-27(36)21-24(35-12-9-28(10-13-35)15-16-5-2-3-6-17(16)22(28)30)34-23(31)26(33-21)39-19-8-4-7-18(20(19)29)25-32-11-14-38-25/h2-8,11,14,22H,9-10,12-13,15,30H2,1H3,(H2,31,34)/t22-/m1/s1. The van der Waals surface area contributed by atoms with E-state index in [2.05, 4.69) is 38.1 Å². The van der Waals surface area contributed by atoms with Crippen LogP contribution in [0.1, 0.15) is 40.5 Å². The molecule has 0 unspecified atom stereocenters. The lowest BCUT2D eigenvalue weighted by Gasteiger charge is -2.42. The van der Waals surface area contributed by atoms with Gasteiger partial charge in [0.2, 0.25) is 5.89 Å². The molecule has 11 heteroatoms. The Morgan fingerprint density at radius 1 is 1.18 bits per heavy atom. The van der Waals surface area contributed by atoms with Crippen LogP contribution in [-0.4, -0.2) is 41.1 Å². The van der Waals surface area contributed by atoms with Gasteiger partial charge in [0.1, 0.15) is 11.3 Å². The number of nitrogens with zero attached hydrogens (tertiary/aromatic N) is 4. The fourth-order valence-corrected chi connectivity index (χ4v) is 6.80. The molecule has 4 N–H and O–H groups in total. The van der Waals surface area contributed by atoms with Crippen molar-refractivity contribution in [3.8, 4) is 11.5 Å². The van der Waals surface area contributed by atoms with Crippen LogP contribution in [0.2, 0.25) is 5.02 Å². The van der Waals surface area contributed by atoms with Gasteiger partial charge in [0.15, 0.2) is 17.3 Å². The zero-order valence-electron chi connectivity index (χ0n) is 21.3. The van der Waals surface area contributed by atoms with Crippen molar-refractivity contribution >= 4 is 41.0 Å². The van der Waals surface area contributed by atoms with Crippen LogP contribution in [0.3, 0.4) is 0 Å². The Bertz CT molecular complexity index is 1540. The maximum atomic E-state index is 12.9. The van der Waals surface area contributed by atoms with E-state index in [1.165, 1.54) is 36.3 Å². The number of fused-ring (bicyclic) bond motifs is 1. The molecule has 1 spiro atoms. The minimum absolute atomic E-state index is 0.00893. The van der Waals surface area contributed by atoms with E-state index in [0.717, 1.165) is 19.3 Å². The summed E-state index contributed by atoms with van der Waals surface area (Å²) < 4.78 is 10.5. The van der Waals surface area contributed by atoms with E-state index >= 15 is 0 Å². The van der Waals surface area contributed by atoms with Crippen LogP contribution in [0.4, 0.5) is 11.6 Å². The Balaban J connectivity index is 1.27. The summed E-state index contributed by atoms with van der Waals surface area (Å²) >= 11 is 7.89. The number of carbonyl (C=O) groups is 1. The van der Waals surface area contributed by atoms with E-state index in [1.807, 2.05) is 24.3 Å². The van der Waals surface area contributed by atoms with Gasteiger partial charge in [0, 0.05) is 24.0 Å². The van der Waals surface area contributed by atoms with E-state index in [0.29, 0.717) is 45.3 Å². The highest BCUT2D eigenvalue weighted by molar-refractivity contribution is 7.99. The summed E-state index contributed by atoms with van der Waals surface area (Å²) in [6, 6.07) is 13.9. The van der Waals surface area contributed by atoms with Gasteiger partial charge in [-0.3, -0.25) is 0 Å². The van der Waals surface area contributed by atoms with Gasteiger partial charge >= 0.3 is 5.97 Å². The van der Waals surface area contributed by atoms with Crippen LogP contribution < -0.4 is 16.4 Å². The number of methoxy groups -OCH3 is 1. The number of hydrogen-bond donors (Lipinski definition) is 2. The number of anilines is 2. The number of ether oxygens (including phenoxy) is 1. The molecule has 1 fully saturated rings. The second kappa shape index (κ2) is 10.2. The van der Waals surface area contributed by atoms with Crippen molar-refractivity contribution < 1.29 is 13.9 Å². The Kier molecular flexibility index (Phi) is 6.70. The molecule has 39 heavy (non-hydrogen) atoms. The average Bonchev–Trinajstić information content (AvgIpc) is 3.58. The van der Waals surface area contributed by atoms with Gasteiger partial charge < -0.3 is 25.5 Å². The van der Waals surface area contributed by atoms with E-state index in [4.69, 9.17) is 32.2 Å². The molecule has 2 aliphatic rings. The van der Waals surface area contributed by atoms with Gasteiger partial charge in [-0.2, -0.15) is 0 Å². The second-order valence-electron chi connectivity index (χ2n) is 9.84. The highest BCUT2D eigenvalue weighted by Crippen LogP contribution is 2.51. The molecule has 9 nitrogen and oxygen atoms in total. The number of esters is 1. The predicted octanol–water partition coefficient (Wildman–Crippen LogP) is 5.15. The monoisotopic (exact) mass is 562 g/mol. The number of aromatic nitrogens is 3. The van der Waals surface area contributed by atoms with Crippen molar-refractivity contribution in [2.24, 2.45) is 11.1 Å². The lowest BCUT2D eigenvalue weighted by Crippen LogP contribution is -2.45. The van der Waals surface area contributed by atoms with E-state index in [-0.39, 0.29) is 23.0 Å². The summed E-state index contributed by atoms with van der Waals surface area (Å²) in [7, 11) is 1.33. The first-order chi connectivity index (χ1) is 18.9. The second-order valence-corrected chi connectivity index (χ2v) is 11.2. The summed E-state index contributed by atoms with van der Waals surface area (Å²) in [6.07, 6.45) is 5.73. The average molecular weight is 563 g/mol. The molecule has 1 atom stereocenters. The van der Waals surface area contributed by atoms with Crippen LogP contribution in [0, 0.1) is 5.41 Å². The largest absolute Gasteiger partial charge is 0.464 e. The summed E-state index contributed by atoms with van der Waals surface area (Å²) in [5.74, 6) is 0.442. The topological polar surface area (TPSA) is 133 Å². The number of hydrogen-bond acceptors (Lipinski definition) is 10. The number of nitrogen functional groups attached to an aromatic ring is 1. The lowest BCUT2D eigenvalue weighted by molar-refractivity contribution is 0.0593. The first-order valence-corrected chi connectivity index (χ1v) is 13.8. The molecule has 2 aromatic heterocycles. The van der Waals surface area contributed by atoms with E-state index in [1.54, 1.807) is 6.20 Å². The molecule has 6 rings (SSSR count). The third-order valence-corrected chi connectivity index (χ3v) is 9.31. The third kappa shape index (κ3) is 4.52. The van der Waals surface area contributed by atoms with Gasteiger partial charge in [-0.1, -0.05) is 53.7 Å². The van der Waals surface area contributed by atoms with E-state index in [9.17, 15) is 4.79 Å². The fourth-order valence-electron chi connectivity index (χ4n) is 5.64. The van der Waals surface area contributed by atoms with Crippen LogP contribution in [0.15, 0.2) is 69.3 Å². The highest BCUT2D eigenvalue weighted by Gasteiger charge is 2.46. The number of nitrogens with two attached hydrogens (primary N) is 2. The zero-order chi connectivity index (χ0) is 27.1. The first kappa shape index (κ1) is 25.7. The Morgan fingerprint density at radius 3 is 2.69 bits per heavy atom. The van der Waals surface area contributed by atoms with Crippen LogP contribution in [-0.2, 0) is 11.2 Å². The van der Waals surface area contributed by atoms with Crippen LogP contribution in [0.5, 0.6) is 0 Å². The molecule has 4 aromatic rings. The summed E-state index contributed by atoms with van der Waals surface area (Å²) in [5.41, 5.74) is 16.4. The minimum atomic E-state index is -0.579. The van der Waals surface area contributed by atoms with Gasteiger partial charge in [-0.05, 0) is 47.9 Å². The van der Waals surface area contributed by atoms with Crippen molar-refractivity contribution in [1.82, 2.24) is 15.0 Å². The van der Waals surface area contributed by atoms with Crippen molar-refractivity contribution in [3.05, 3.63) is 76.8 Å². The molecule has 0 saturated carbocycles. The molecule has 0 radical (unpaired) electrons. The maximum Gasteiger partial charge on any atom is 0.360 e. The van der Waals surface area contributed by atoms with Gasteiger partial charge in [0.25, 0.3) is 0 Å². The number of carbonyl (C=O) groups excluding carboxylic acids is 1. The molecule has 1 aliphatic carbocycles.